The van der Waals surface area contributed by atoms with Gasteiger partial charge in [0, 0.05) is 17.8 Å². The maximum absolute atomic E-state index is 14.8. The molecule has 1 aliphatic rings. The summed E-state index contributed by atoms with van der Waals surface area (Å²) in [6, 6.07) is 13.4. The van der Waals surface area contributed by atoms with E-state index in [9.17, 15) is 12.8 Å². The molecule has 0 saturated heterocycles. The summed E-state index contributed by atoms with van der Waals surface area (Å²) in [6.45, 7) is 1.86. The number of hydrogen-bond donors (Lipinski definition) is 0. The molecule has 4 rings (SSSR count). The normalized spacial score (nSPS) is 16.8. The molecule has 1 heterocycles. The van der Waals surface area contributed by atoms with Crippen LogP contribution in [0, 0.1) is 12.7 Å². The third-order valence-corrected chi connectivity index (χ3v) is 7.33. The summed E-state index contributed by atoms with van der Waals surface area (Å²) in [4.78, 5) is 2.32. The van der Waals surface area contributed by atoms with Crippen molar-refractivity contribution in [1.82, 2.24) is 8.87 Å². The second-order valence-corrected chi connectivity index (χ2v) is 9.70. The van der Waals surface area contributed by atoms with E-state index in [-0.39, 0.29) is 10.9 Å². The molecule has 0 amide bonds. The highest BCUT2D eigenvalue weighted by Gasteiger charge is 2.32. The predicted molar refractivity (Wildman–Crippen MR) is 113 cm³/mol. The largest absolute Gasteiger partial charge is 0.302 e. The molecule has 2 aromatic carbocycles. The number of aromatic nitrogens is 1. The van der Waals surface area contributed by atoms with Crippen molar-refractivity contribution in [2.45, 2.75) is 37.1 Å². The van der Waals surface area contributed by atoms with Gasteiger partial charge in [0.2, 0.25) is 0 Å². The molecule has 1 unspecified atom stereocenters. The molecule has 29 heavy (non-hydrogen) atoms. The Labute approximate surface area is 171 Å². The summed E-state index contributed by atoms with van der Waals surface area (Å²) in [5.74, 6) is -0.416. The lowest BCUT2D eigenvalue weighted by Gasteiger charge is -2.28. The van der Waals surface area contributed by atoms with Gasteiger partial charge in [-0.05, 0) is 81.2 Å². The van der Waals surface area contributed by atoms with Crippen LogP contribution in [-0.4, -0.2) is 31.4 Å². The summed E-state index contributed by atoms with van der Waals surface area (Å²) >= 11 is 0. The van der Waals surface area contributed by atoms with Gasteiger partial charge in [0.1, 0.15) is 5.82 Å². The van der Waals surface area contributed by atoms with Crippen LogP contribution in [0.25, 0.3) is 11.3 Å². The molecule has 152 valence electrons. The second kappa shape index (κ2) is 7.43. The lowest BCUT2D eigenvalue weighted by atomic mass is 9.87. The average Bonchev–Trinajstić information content (AvgIpc) is 3.08. The summed E-state index contributed by atoms with van der Waals surface area (Å²) in [7, 11) is 0.121. The smallest absolute Gasteiger partial charge is 0.268 e. The molecule has 4 nitrogen and oxygen atoms in total. The van der Waals surface area contributed by atoms with Crippen LogP contribution < -0.4 is 0 Å². The molecule has 0 radical (unpaired) electrons. The van der Waals surface area contributed by atoms with Crippen LogP contribution >= 0.6 is 0 Å². The van der Waals surface area contributed by atoms with E-state index in [1.807, 2.05) is 27.1 Å². The van der Waals surface area contributed by atoms with E-state index in [0.717, 1.165) is 36.0 Å². The highest BCUT2D eigenvalue weighted by atomic mass is 32.2. The Kier molecular flexibility index (Phi) is 5.09. The zero-order chi connectivity index (χ0) is 20.8. The third-order valence-electron chi connectivity index (χ3n) is 5.67. The summed E-state index contributed by atoms with van der Waals surface area (Å²) in [5, 5.41) is 0. The number of nitrogens with zero attached hydrogens (tertiary/aromatic N) is 2. The molecule has 1 aliphatic carbocycles. The Hall–Kier alpha value is -2.44. The fourth-order valence-corrected chi connectivity index (χ4v) is 5.78. The Morgan fingerprint density at radius 3 is 2.55 bits per heavy atom. The van der Waals surface area contributed by atoms with Crippen LogP contribution in [-0.2, 0) is 16.4 Å². The van der Waals surface area contributed by atoms with Gasteiger partial charge >= 0.3 is 0 Å². The average molecular weight is 413 g/mol. The van der Waals surface area contributed by atoms with Crippen LogP contribution in [0.5, 0.6) is 0 Å². The third kappa shape index (κ3) is 3.40. The van der Waals surface area contributed by atoms with E-state index in [1.165, 1.54) is 10.0 Å². The molecule has 0 bridgehead atoms. The number of halogens is 1. The summed E-state index contributed by atoms with van der Waals surface area (Å²) in [5.41, 5.74) is 3.53. The first-order chi connectivity index (χ1) is 13.8. The molecule has 1 atom stereocenters. The van der Waals surface area contributed by atoms with Crippen molar-refractivity contribution in [2.75, 3.05) is 14.1 Å². The summed E-state index contributed by atoms with van der Waals surface area (Å²) in [6.07, 6.45) is 4.33. The minimum Gasteiger partial charge on any atom is -0.302 e. The molecule has 0 saturated carbocycles. The molecular weight excluding hydrogens is 387 g/mol. The van der Waals surface area contributed by atoms with Crippen molar-refractivity contribution in [3.63, 3.8) is 0 Å². The Morgan fingerprint density at radius 1 is 1.10 bits per heavy atom. The van der Waals surface area contributed by atoms with E-state index in [1.54, 1.807) is 42.6 Å². The summed E-state index contributed by atoms with van der Waals surface area (Å²) < 4.78 is 43.3. The van der Waals surface area contributed by atoms with Gasteiger partial charge in [0.05, 0.1) is 10.6 Å². The maximum Gasteiger partial charge on any atom is 0.268 e. The van der Waals surface area contributed by atoms with Crippen molar-refractivity contribution in [2.24, 2.45) is 0 Å². The highest BCUT2D eigenvalue weighted by Crippen LogP contribution is 2.42. The molecule has 0 fully saturated rings. The maximum atomic E-state index is 14.8. The van der Waals surface area contributed by atoms with Crippen LogP contribution in [0.15, 0.2) is 59.6 Å². The monoisotopic (exact) mass is 412 g/mol. The van der Waals surface area contributed by atoms with Crippen LogP contribution in [0.4, 0.5) is 4.39 Å². The zero-order valence-corrected chi connectivity index (χ0v) is 17.7. The van der Waals surface area contributed by atoms with Crippen LogP contribution in [0.2, 0.25) is 0 Å². The van der Waals surface area contributed by atoms with Gasteiger partial charge in [-0.2, -0.15) is 0 Å². The second-order valence-electron chi connectivity index (χ2n) is 7.88. The van der Waals surface area contributed by atoms with Gasteiger partial charge in [-0.1, -0.05) is 24.3 Å². The van der Waals surface area contributed by atoms with Crippen LogP contribution in [0.3, 0.4) is 0 Å². The molecule has 3 aromatic rings. The fraction of sp³-hybridized carbons (Fsp3) is 0.304. The van der Waals surface area contributed by atoms with Crippen molar-refractivity contribution < 1.29 is 12.8 Å². The molecule has 0 spiro atoms. The van der Waals surface area contributed by atoms with Crippen molar-refractivity contribution in [3.8, 4) is 11.3 Å². The molecular formula is C23H25FN2O2S. The predicted octanol–water partition coefficient (Wildman–Crippen LogP) is 4.78. The van der Waals surface area contributed by atoms with Crippen molar-refractivity contribution in [3.05, 3.63) is 77.2 Å². The van der Waals surface area contributed by atoms with Crippen molar-refractivity contribution >= 4 is 10.0 Å². The number of hydrogen-bond acceptors (Lipinski definition) is 3. The first-order valence-electron chi connectivity index (χ1n) is 9.78. The molecule has 0 N–H and O–H groups in total. The molecule has 6 heteroatoms. The Morgan fingerprint density at radius 2 is 1.86 bits per heavy atom. The van der Waals surface area contributed by atoms with Gasteiger partial charge in [-0.15, -0.1) is 0 Å². The van der Waals surface area contributed by atoms with Crippen LogP contribution in [0.1, 0.15) is 35.6 Å². The highest BCUT2D eigenvalue weighted by molar-refractivity contribution is 7.90. The van der Waals surface area contributed by atoms with E-state index in [2.05, 4.69) is 4.90 Å². The lowest BCUT2D eigenvalue weighted by Crippen LogP contribution is -2.23. The number of fused-ring (bicyclic) bond motifs is 1. The lowest BCUT2D eigenvalue weighted by molar-refractivity contribution is 0.269. The van der Waals surface area contributed by atoms with Crippen molar-refractivity contribution in [1.29, 1.82) is 0 Å². The van der Waals surface area contributed by atoms with Gasteiger partial charge < -0.3 is 4.90 Å². The van der Waals surface area contributed by atoms with Gasteiger partial charge in [-0.3, -0.25) is 0 Å². The van der Waals surface area contributed by atoms with E-state index in [0.29, 0.717) is 11.3 Å². The quantitative estimate of drug-likeness (QED) is 0.619. The Bertz CT molecular complexity index is 1170. The van der Waals surface area contributed by atoms with Gasteiger partial charge in [0.15, 0.2) is 0 Å². The fourth-order valence-electron chi connectivity index (χ4n) is 4.27. The van der Waals surface area contributed by atoms with Gasteiger partial charge in [0.25, 0.3) is 10.0 Å². The zero-order valence-electron chi connectivity index (χ0n) is 16.9. The minimum absolute atomic E-state index is 0.109. The number of benzene rings is 2. The minimum atomic E-state index is -3.87. The Balaban J connectivity index is 2.03. The van der Waals surface area contributed by atoms with Gasteiger partial charge in [-0.25, -0.2) is 16.8 Å². The SMILES string of the molecule is Cc1cccc(S(=O)(=O)n2cc3c(c2-c2ccccc2F)CCCC3N(C)C)c1. The number of aryl methyl sites for hydroxylation is 1. The van der Waals surface area contributed by atoms with E-state index >= 15 is 0 Å². The topological polar surface area (TPSA) is 42.3 Å². The van der Waals surface area contributed by atoms with E-state index in [4.69, 9.17) is 0 Å². The van der Waals surface area contributed by atoms with E-state index < -0.39 is 15.8 Å². The molecule has 0 aliphatic heterocycles. The number of rotatable bonds is 4. The first-order valence-corrected chi connectivity index (χ1v) is 11.2. The first kappa shape index (κ1) is 19.9. The molecule has 1 aromatic heterocycles. The standard InChI is InChI=1S/C23H25FN2O2S/c1-16-8-6-9-17(14-16)29(27,28)26-15-20-18(11-7-13-22(20)25(2)3)23(26)19-10-4-5-12-21(19)24/h4-6,8-10,12,14-15,22H,7,11,13H2,1-3H3.